The summed E-state index contributed by atoms with van der Waals surface area (Å²) in [5, 5.41) is 29.2. The molecule has 13 heteroatoms. The van der Waals surface area contributed by atoms with E-state index in [1.165, 1.54) is 26.7 Å². The minimum Gasteiger partial charge on any atom is -0.496 e. The van der Waals surface area contributed by atoms with Crippen LogP contribution in [0, 0.1) is 17.3 Å². The van der Waals surface area contributed by atoms with E-state index in [2.05, 4.69) is 51.5 Å². The molecular formula is C46H60N4O9. The van der Waals surface area contributed by atoms with E-state index >= 15 is 0 Å². The molecule has 1 aliphatic carbocycles. The Morgan fingerprint density at radius 1 is 0.949 bits per heavy atom. The fourth-order valence-corrected chi connectivity index (χ4v) is 13.9. The maximum absolute atomic E-state index is 14.6. The molecule has 7 aliphatic rings. The average molecular weight is 813 g/mol. The molecule has 2 aromatic rings. The van der Waals surface area contributed by atoms with Gasteiger partial charge in [0.25, 0.3) is 0 Å². The SMILES string of the molecule is CC[C@]1(O)CC[C@@H]2CN1CCC1c3ccccc3NC1[C@@H](c1cc3c(cc1OC)N(C)C1C34CCN3CC=C[C@](CC)(C34)[C@@H](OC(C)=O)[C@]1(O)C(=O)OC)[C@H]2C(=O)OC. The Hall–Kier alpha value is -4.17. The molecule has 6 unspecified atom stereocenters. The van der Waals surface area contributed by atoms with Crippen molar-refractivity contribution in [3.8, 4) is 5.75 Å². The van der Waals surface area contributed by atoms with Crippen molar-refractivity contribution in [2.75, 3.05) is 64.8 Å². The molecule has 3 N–H and O–H groups in total. The van der Waals surface area contributed by atoms with Crippen molar-refractivity contribution in [2.24, 2.45) is 17.3 Å². The molecule has 0 amide bonds. The number of esters is 3. The second-order valence-corrected chi connectivity index (χ2v) is 18.3. The van der Waals surface area contributed by atoms with Crippen LogP contribution in [-0.4, -0.2) is 128 Å². The fourth-order valence-electron chi connectivity index (χ4n) is 13.9. The summed E-state index contributed by atoms with van der Waals surface area (Å²) in [6.07, 6.45) is 6.56. The van der Waals surface area contributed by atoms with Gasteiger partial charge in [0, 0.05) is 91.4 Å². The van der Waals surface area contributed by atoms with Gasteiger partial charge in [0.15, 0.2) is 6.10 Å². The molecule has 0 aromatic heterocycles. The summed E-state index contributed by atoms with van der Waals surface area (Å²) in [6, 6.07) is 11.2. The summed E-state index contributed by atoms with van der Waals surface area (Å²) in [7, 11) is 6.28. The molecule has 13 nitrogen and oxygen atoms in total. The van der Waals surface area contributed by atoms with Crippen molar-refractivity contribution in [3.63, 3.8) is 0 Å². The number of methoxy groups -OCH3 is 3. The van der Waals surface area contributed by atoms with E-state index in [9.17, 15) is 24.6 Å². The number of aliphatic hydroxyl groups is 2. The Kier molecular flexibility index (Phi) is 9.69. The number of carbonyl (C=O) groups excluding carboxylic acids is 3. The molecule has 1 saturated carbocycles. The highest BCUT2D eigenvalue weighted by molar-refractivity contribution is 5.87. The van der Waals surface area contributed by atoms with Crippen molar-refractivity contribution in [3.05, 3.63) is 65.2 Å². The zero-order chi connectivity index (χ0) is 41.8. The summed E-state index contributed by atoms with van der Waals surface area (Å²) >= 11 is 0. The van der Waals surface area contributed by atoms with E-state index in [4.69, 9.17) is 18.9 Å². The third-order valence-electron chi connectivity index (χ3n) is 16.2. The number of rotatable bonds is 7. The van der Waals surface area contributed by atoms with Gasteiger partial charge in [0.05, 0.1) is 33.3 Å². The van der Waals surface area contributed by atoms with E-state index in [0.29, 0.717) is 64.0 Å². The first-order valence-corrected chi connectivity index (χ1v) is 21.5. The molecule has 3 saturated heterocycles. The number of hydrogen-bond donors (Lipinski definition) is 3. The van der Waals surface area contributed by atoms with Gasteiger partial charge in [-0.05, 0) is 74.2 Å². The summed E-state index contributed by atoms with van der Waals surface area (Å²) in [6.45, 7) is 7.97. The maximum atomic E-state index is 14.6. The van der Waals surface area contributed by atoms with Crippen LogP contribution in [0.3, 0.4) is 0 Å². The van der Waals surface area contributed by atoms with Crippen molar-refractivity contribution in [1.82, 2.24) is 9.80 Å². The number of benzene rings is 2. The van der Waals surface area contributed by atoms with Crippen molar-refractivity contribution in [1.29, 1.82) is 0 Å². The van der Waals surface area contributed by atoms with E-state index in [1.807, 2.05) is 37.9 Å². The Balaban J connectivity index is 1.30. The third kappa shape index (κ3) is 5.32. The number of anilines is 2. The van der Waals surface area contributed by atoms with Crippen molar-refractivity contribution < 1.29 is 43.5 Å². The first kappa shape index (κ1) is 40.2. The molecule has 1 spiro atoms. The monoisotopic (exact) mass is 812 g/mol. The molecule has 13 atom stereocenters. The number of carbonyl (C=O) groups is 3. The van der Waals surface area contributed by atoms with E-state index in [0.717, 1.165) is 28.9 Å². The molecule has 6 aliphatic heterocycles. The first-order valence-electron chi connectivity index (χ1n) is 21.5. The highest BCUT2D eigenvalue weighted by Crippen LogP contribution is 2.68. The topological polar surface area (TPSA) is 150 Å². The van der Waals surface area contributed by atoms with Crippen LogP contribution in [0.25, 0.3) is 0 Å². The number of piperidine rings is 1. The van der Waals surface area contributed by atoms with Crippen LogP contribution in [0.4, 0.5) is 11.4 Å². The van der Waals surface area contributed by atoms with E-state index < -0.39 is 58.1 Å². The minimum atomic E-state index is -2.26. The number of fused-ring (bicyclic) bond motifs is 6. The van der Waals surface area contributed by atoms with Crippen LogP contribution in [0.5, 0.6) is 5.75 Å². The lowest BCUT2D eigenvalue weighted by Gasteiger charge is -2.63. The average Bonchev–Trinajstić information content (AvgIpc) is 3.90. The van der Waals surface area contributed by atoms with Gasteiger partial charge in [-0.1, -0.05) is 44.2 Å². The first-order chi connectivity index (χ1) is 28.3. The van der Waals surface area contributed by atoms with Crippen LogP contribution in [0.15, 0.2) is 48.6 Å². The van der Waals surface area contributed by atoms with E-state index in [1.54, 1.807) is 7.11 Å². The van der Waals surface area contributed by atoms with Crippen LogP contribution >= 0.6 is 0 Å². The predicted molar refractivity (Wildman–Crippen MR) is 220 cm³/mol. The standard InChI is InChI=1S/C46H60N4O9/c1-8-43-17-12-20-49-22-19-45(39(43)49)31-23-30(34(56-5)24-33(31)48(4)40(45)46(55,42(53)58-7)41(43)59-26(3)51)36-35(38(52)57-6)27-15-18-44(54,9-2)50(25-27)21-16-29-28-13-10-11-14-32(28)47-37(29)36/h10-14,17,23-24,27,29,35-37,39-41,47,54-55H,8-9,15-16,18-22,25H2,1-7H3/t27-,29?,35+,36+,37?,39?,40?,41-,43-,44+,45?,46+/m1/s1. The summed E-state index contributed by atoms with van der Waals surface area (Å²) in [4.78, 5) is 48.6. The summed E-state index contributed by atoms with van der Waals surface area (Å²) in [5.74, 6) is -2.31. The second kappa shape index (κ2) is 14.2. The van der Waals surface area contributed by atoms with Gasteiger partial charge in [-0.15, -0.1) is 0 Å². The van der Waals surface area contributed by atoms with E-state index in [-0.39, 0.29) is 29.9 Å². The number of nitrogens with one attached hydrogen (secondary N) is 1. The predicted octanol–water partition coefficient (Wildman–Crippen LogP) is 4.31. The van der Waals surface area contributed by atoms with Crippen LogP contribution < -0.4 is 15.0 Å². The zero-order valence-corrected chi connectivity index (χ0v) is 35.4. The molecule has 2 aromatic carbocycles. The number of likely N-dealkylation sites (N-methyl/N-ethyl adjacent to an activating group) is 1. The smallest absolute Gasteiger partial charge is 0.344 e. The molecule has 59 heavy (non-hydrogen) atoms. The van der Waals surface area contributed by atoms with Gasteiger partial charge in [-0.3, -0.25) is 19.4 Å². The molecule has 9 rings (SSSR count). The molecular weight excluding hydrogens is 753 g/mol. The lowest BCUT2D eigenvalue weighted by atomic mass is 9.47. The maximum Gasteiger partial charge on any atom is 0.344 e. The molecule has 6 heterocycles. The molecule has 2 bridgehead atoms. The Labute approximate surface area is 347 Å². The lowest BCUT2D eigenvalue weighted by Crippen LogP contribution is -2.81. The lowest BCUT2D eigenvalue weighted by molar-refractivity contribution is -0.228. The van der Waals surface area contributed by atoms with Crippen molar-refractivity contribution in [2.45, 2.75) is 112 Å². The fraction of sp³-hybridized carbons (Fsp3) is 0.630. The molecule has 4 fully saturated rings. The van der Waals surface area contributed by atoms with Crippen molar-refractivity contribution >= 4 is 29.3 Å². The molecule has 318 valence electrons. The van der Waals surface area contributed by atoms with Gasteiger partial charge in [0.2, 0.25) is 5.60 Å². The largest absolute Gasteiger partial charge is 0.496 e. The Morgan fingerprint density at radius 3 is 2.42 bits per heavy atom. The van der Waals surface area contributed by atoms with Gasteiger partial charge in [-0.2, -0.15) is 0 Å². The van der Waals surface area contributed by atoms with Crippen LogP contribution in [-0.2, 0) is 34.0 Å². The summed E-state index contributed by atoms with van der Waals surface area (Å²) in [5.41, 5.74) is -0.170. The number of nitrogens with zero attached hydrogens (tertiary/aromatic N) is 3. The summed E-state index contributed by atoms with van der Waals surface area (Å²) < 4.78 is 23.8. The van der Waals surface area contributed by atoms with Gasteiger partial charge < -0.3 is 39.4 Å². The third-order valence-corrected chi connectivity index (χ3v) is 16.2. The van der Waals surface area contributed by atoms with Crippen LogP contribution in [0.1, 0.15) is 87.8 Å². The number of para-hydroxylation sites is 1. The highest BCUT2D eigenvalue weighted by Gasteiger charge is 2.80. The van der Waals surface area contributed by atoms with Gasteiger partial charge >= 0.3 is 17.9 Å². The van der Waals surface area contributed by atoms with Crippen LogP contribution in [0.2, 0.25) is 0 Å². The highest BCUT2D eigenvalue weighted by atomic mass is 16.6. The number of ether oxygens (including phenoxy) is 4. The minimum absolute atomic E-state index is 0.00265. The normalized spacial score (nSPS) is 40.2. The van der Waals surface area contributed by atoms with Gasteiger partial charge in [-0.25, -0.2) is 4.79 Å². The van der Waals surface area contributed by atoms with Gasteiger partial charge in [0.1, 0.15) is 11.5 Å². The quantitative estimate of drug-likeness (QED) is 0.207. The molecule has 0 radical (unpaired) electrons. The number of hydrogen-bond acceptors (Lipinski definition) is 13. The second-order valence-electron chi connectivity index (χ2n) is 18.3. The zero-order valence-electron chi connectivity index (χ0n) is 35.4. The Morgan fingerprint density at radius 2 is 1.73 bits per heavy atom. The Bertz CT molecular complexity index is 2080.